The molecule has 1 atom stereocenters. The van der Waals surface area contributed by atoms with Crippen molar-refractivity contribution in [3.63, 3.8) is 0 Å². The molecule has 0 radical (unpaired) electrons. The third-order valence-corrected chi connectivity index (χ3v) is 2.30. The molecule has 0 aliphatic rings. The zero-order valence-corrected chi connectivity index (χ0v) is 9.44. The van der Waals surface area contributed by atoms with Crippen LogP contribution in [0.4, 0.5) is 0 Å². The predicted octanol–water partition coefficient (Wildman–Crippen LogP) is 1.06. The predicted molar refractivity (Wildman–Crippen MR) is 61.7 cm³/mol. The van der Waals surface area contributed by atoms with Crippen molar-refractivity contribution in [1.29, 1.82) is 0 Å². The maximum absolute atomic E-state index is 5.73. The number of hydrogen-bond acceptors (Lipinski definition) is 4. The summed E-state index contributed by atoms with van der Waals surface area (Å²) < 4.78 is 0. The molecule has 3 N–H and O–H groups in total. The van der Waals surface area contributed by atoms with Crippen LogP contribution in [0.2, 0.25) is 0 Å². The van der Waals surface area contributed by atoms with E-state index in [1.54, 1.807) is 12.4 Å². The maximum Gasteiger partial charge on any atom is 0.113 e. The lowest BCUT2D eigenvalue weighted by atomic mass is 10.1. The Morgan fingerprint density at radius 2 is 2.12 bits per heavy atom. The van der Waals surface area contributed by atoms with Crippen LogP contribution in [-0.2, 0) is 6.42 Å². The molecule has 5 heteroatoms. The lowest BCUT2D eigenvalue weighted by molar-refractivity contribution is 0.719. The van der Waals surface area contributed by atoms with Crippen LogP contribution < -0.4 is 5.73 Å². The highest BCUT2D eigenvalue weighted by atomic mass is 15.1. The number of nitrogens with zero attached hydrogens (tertiary/aromatic N) is 3. The molecule has 2 aromatic rings. The summed E-state index contributed by atoms with van der Waals surface area (Å²) in [5, 5.41) is 7.18. The van der Waals surface area contributed by atoms with Crippen LogP contribution in [0.3, 0.4) is 0 Å². The topological polar surface area (TPSA) is 80.5 Å². The Morgan fingerprint density at radius 3 is 2.81 bits per heavy atom. The van der Waals surface area contributed by atoms with E-state index < -0.39 is 0 Å². The fourth-order valence-electron chi connectivity index (χ4n) is 1.59. The van der Waals surface area contributed by atoms with Crippen molar-refractivity contribution in [3.8, 4) is 11.4 Å². The zero-order chi connectivity index (χ0) is 11.5. The van der Waals surface area contributed by atoms with Gasteiger partial charge in [-0.2, -0.15) is 5.10 Å². The molecular weight excluding hydrogens is 202 g/mol. The van der Waals surface area contributed by atoms with Crippen LogP contribution >= 0.6 is 0 Å². The van der Waals surface area contributed by atoms with Crippen LogP contribution in [0.25, 0.3) is 11.4 Å². The molecule has 0 amide bonds. The monoisotopic (exact) mass is 217 g/mol. The molecular formula is C11H15N5. The van der Waals surface area contributed by atoms with E-state index in [0.29, 0.717) is 0 Å². The van der Waals surface area contributed by atoms with Crippen LogP contribution in [0, 0.1) is 6.92 Å². The molecule has 0 fully saturated rings. The SMILES string of the molecule is Cc1nccnc1-c1cc(CC(C)N)[nH]n1. The molecule has 2 rings (SSSR count). The summed E-state index contributed by atoms with van der Waals surface area (Å²) in [5.41, 5.74) is 9.26. The van der Waals surface area contributed by atoms with Crippen molar-refractivity contribution in [2.75, 3.05) is 0 Å². The van der Waals surface area contributed by atoms with Gasteiger partial charge in [0.05, 0.1) is 5.69 Å². The van der Waals surface area contributed by atoms with Crippen LogP contribution in [0.5, 0.6) is 0 Å². The number of nitrogens with two attached hydrogens (primary N) is 1. The van der Waals surface area contributed by atoms with E-state index >= 15 is 0 Å². The van der Waals surface area contributed by atoms with E-state index in [4.69, 9.17) is 5.73 Å². The van der Waals surface area contributed by atoms with E-state index in [0.717, 1.165) is 29.2 Å². The van der Waals surface area contributed by atoms with Gasteiger partial charge >= 0.3 is 0 Å². The summed E-state index contributed by atoms with van der Waals surface area (Å²) in [5.74, 6) is 0. The lowest BCUT2D eigenvalue weighted by Gasteiger charge is -2.00. The van der Waals surface area contributed by atoms with Gasteiger partial charge in [-0.25, -0.2) is 0 Å². The molecule has 84 valence electrons. The first-order valence-corrected chi connectivity index (χ1v) is 5.24. The second-order valence-electron chi connectivity index (χ2n) is 3.95. The number of rotatable bonds is 3. The highest BCUT2D eigenvalue weighted by Crippen LogP contribution is 2.17. The maximum atomic E-state index is 5.73. The summed E-state index contributed by atoms with van der Waals surface area (Å²) in [6.45, 7) is 3.89. The van der Waals surface area contributed by atoms with E-state index in [1.165, 1.54) is 0 Å². The summed E-state index contributed by atoms with van der Waals surface area (Å²) in [7, 11) is 0. The first kappa shape index (κ1) is 10.8. The van der Waals surface area contributed by atoms with Gasteiger partial charge in [0.25, 0.3) is 0 Å². The van der Waals surface area contributed by atoms with Gasteiger partial charge in [-0.15, -0.1) is 0 Å². The van der Waals surface area contributed by atoms with Gasteiger partial charge < -0.3 is 5.73 Å². The van der Waals surface area contributed by atoms with Crippen molar-refractivity contribution in [2.24, 2.45) is 5.73 Å². The molecule has 0 aliphatic carbocycles. The van der Waals surface area contributed by atoms with Crippen molar-refractivity contribution in [3.05, 3.63) is 29.8 Å². The second-order valence-corrected chi connectivity index (χ2v) is 3.95. The Hall–Kier alpha value is -1.75. The van der Waals surface area contributed by atoms with Gasteiger partial charge in [0.1, 0.15) is 11.4 Å². The van der Waals surface area contributed by atoms with Crippen molar-refractivity contribution in [2.45, 2.75) is 26.3 Å². The first-order valence-electron chi connectivity index (χ1n) is 5.24. The van der Waals surface area contributed by atoms with E-state index in [1.807, 2.05) is 19.9 Å². The number of hydrogen-bond donors (Lipinski definition) is 2. The first-order chi connectivity index (χ1) is 7.66. The fraction of sp³-hybridized carbons (Fsp3) is 0.364. The average Bonchev–Trinajstić information content (AvgIpc) is 2.66. The smallest absolute Gasteiger partial charge is 0.113 e. The van der Waals surface area contributed by atoms with Crippen LogP contribution in [0.15, 0.2) is 18.5 Å². The van der Waals surface area contributed by atoms with Gasteiger partial charge in [0.2, 0.25) is 0 Å². The van der Waals surface area contributed by atoms with E-state index in [-0.39, 0.29) is 6.04 Å². The molecule has 0 aromatic carbocycles. The van der Waals surface area contributed by atoms with Crippen molar-refractivity contribution >= 4 is 0 Å². The van der Waals surface area contributed by atoms with E-state index in [2.05, 4.69) is 20.2 Å². The van der Waals surface area contributed by atoms with Gasteiger partial charge in [0.15, 0.2) is 0 Å². The molecule has 2 heterocycles. The molecule has 0 aliphatic heterocycles. The van der Waals surface area contributed by atoms with Crippen molar-refractivity contribution in [1.82, 2.24) is 20.2 Å². The Labute approximate surface area is 94.1 Å². The normalized spacial score (nSPS) is 12.7. The van der Waals surface area contributed by atoms with Crippen molar-refractivity contribution < 1.29 is 0 Å². The Bertz CT molecular complexity index is 475. The number of H-pyrrole nitrogens is 1. The summed E-state index contributed by atoms with van der Waals surface area (Å²) in [6.07, 6.45) is 4.13. The van der Waals surface area contributed by atoms with Gasteiger partial charge in [-0.05, 0) is 19.9 Å². The quantitative estimate of drug-likeness (QED) is 0.805. The molecule has 0 saturated heterocycles. The number of aromatic nitrogens is 4. The molecule has 1 unspecified atom stereocenters. The van der Waals surface area contributed by atoms with Crippen LogP contribution in [-0.4, -0.2) is 26.2 Å². The molecule has 5 nitrogen and oxygen atoms in total. The second kappa shape index (κ2) is 4.40. The molecule has 16 heavy (non-hydrogen) atoms. The minimum Gasteiger partial charge on any atom is -0.328 e. The summed E-state index contributed by atoms with van der Waals surface area (Å²) in [4.78, 5) is 8.45. The minimum absolute atomic E-state index is 0.122. The Morgan fingerprint density at radius 1 is 1.38 bits per heavy atom. The summed E-state index contributed by atoms with van der Waals surface area (Å²) in [6, 6.07) is 2.09. The van der Waals surface area contributed by atoms with Gasteiger partial charge in [0, 0.05) is 30.6 Å². The number of aryl methyl sites for hydroxylation is 1. The summed E-state index contributed by atoms with van der Waals surface area (Å²) >= 11 is 0. The Balaban J connectivity index is 2.28. The fourth-order valence-corrected chi connectivity index (χ4v) is 1.59. The minimum atomic E-state index is 0.122. The zero-order valence-electron chi connectivity index (χ0n) is 9.44. The third kappa shape index (κ3) is 2.25. The molecule has 2 aromatic heterocycles. The van der Waals surface area contributed by atoms with Crippen LogP contribution in [0.1, 0.15) is 18.3 Å². The largest absolute Gasteiger partial charge is 0.328 e. The third-order valence-electron chi connectivity index (χ3n) is 2.30. The van der Waals surface area contributed by atoms with Gasteiger partial charge in [-0.3, -0.25) is 15.1 Å². The average molecular weight is 217 g/mol. The standard InChI is InChI=1S/C11H15N5/c1-7(12)5-9-6-10(16-15-9)11-8(2)13-3-4-14-11/h3-4,6-7H,5,12H2,1-2H3,(H,15,16). The molecule has 0 bridgehead atoms. The van der Waals surface area contributed by atoms with E-state index in [9.17, 15) is 0 Å². The van der Waals surface area contributed by atoms with Gasteiger partial charge in [-0.1, -0.05) is 0 Å². The molecule has 0 saturated carbocycles. The lowest BCUT2D eigenvalue weighted by Crippen LogP contribution is -2.17. The highest BCUT2D eigenvalue weighted by Gasteiger charge is 2.09. The Kier molecular flexibility index (Phi) is 2.96. The number of nitrogens with one attached hydrogen (secondary N) is 1. The molecule has 0 spiro atoms. The highest BCUT2D eigenvalue weighted by molar-refractivity contribution is 5.56. The number of aromatic amines is 1.